The molecule has 2 rings (SSSR count). The van der Waals surface area contributed by atoms with Crippen molar-refractivity contribution in [3.8, 4) is 5.75 Å². The fourth-order valence-corrected chi connectivity index (χ4v) is 1.94. The molecule has 0 spiro atoms. The summed E-state index contributed by atoms with van der Waals surface area (Å²) in [6.45, 7) is 3.77. The minimum atomic E-state index is -0.126. The van der Waals surface area contributed by atoms with Crippen LogP contribution in [0.15, 0.2) is 30.5 Å². The van der Waals surface area contributed by atoms with E-state index in [9.17, 15) is 4.79 Å². The molecule has 19 heavy (non-hydrogen) atoms. The van der Waals surface area contributed by atoms with Gasteiger partial charge >= 0.3 is 0 Å². The van der Waals surface area contributed by atoms with E-state index in [0.717, 1.165) is 16.9 Å². The van der Waals surface area contributed by atoms with Gasteiger partial charge in [-0.05, 0) is 49.2 Å². The highest BCUT2D eigenvalue weighted by Crippen LogP contribution is 2.22. The van der Waals surface area contributed by atoms with Gasteiger partial charge in [0.05, 0.1) is 12.7 Å². The predicted octanol–water partition coefficient (Wildman–Crippen LogP) is 2.52. The van der Waals surface area contributed by atoms with Crippen molar-refractivity contribution in [2.24, 2.45) is 0 Å². The van der Waals surface area contributed by atoms with E-state index < -0.39 is 0 Å². The largest absolute Gasteiger partial charge is 0.496 e. The fraction of sp³-hybridized carbons (Fsp3) is 0.200. The van der Waals surface area contributed by atoms with Crippen LogP contribution >= 0.6 is 0 Å². The van der Waals surface area contributed by atoms with Crippen molar-refractivity contribution in [3.63, 3.8) is 0 Å². The molecule has 98 valence electrons. The van der Waals surface area contributed by atoms with Gasteiger partial charge in [0.2, 0.25) is 0 Å². The lowest BCUT2D eigenvalue weighted by molar-refractivity contribution is 0.103. The first-order valence-corrected chi connectivity index (χ1v) is 5.94. The Hall–Kier alpha value is -2.36. The normalized spacial score (nSPS) is 10.3. The second-order valence-electron chi connectivity index (χ2n) is 4.46. The maximum atomic E-state index is 12.4. The number of anilines is 1. The molecular formula is C15H16N2O2. The average Bonchev–Trinajstić information content (AvgIpc) is 2.40. The summed E-state index contributed by atoms with van der Waals surface area (Å²) < 4.78 is 5.18. The van der Waals surface area contributed by atoms with Gasteiger partial charge in [-0.3, -0.25) is 4.79 Å². The molecule has 0 aliphatic heterocycles. The van der Waals surface area contributed by atoms with Crippen LogP contribution in [0.5, 0.6) is 5.75 Å². The van der Waals surface area contributed by atoms with E-state index in [4.69, 9.17) is 10.5 Å². The number of rotatable bonds is 3. The summed E-state index contributed by atoms with van der Waals surface area (Å²) in [5, 5.41) is 0. The zero-order chi connectivity index (χ0) is 14.0. The van der Waals surface area contributed by atoms with Crippen molar-refractivity contribution in [2.45, 2.75) is 13.8 Å². The van der Waals surface area contributed by atoms with Crippen molar-refractivity contribution >= 4 is 11.6 Å². The Kier molecular flexibility index (Phi) is 3.51. The predicted molar refractivity (Wildman–Crippen MR) is 74.5 cm³/mol. The Morgan fingerprint density at radius 2 is 2.00 bits per heavy atom. The second kappa shape index (κ2) is 5.10. The van der Waals surface area contributed by atoms with Gasteiger partial charge in [-0.2, -0.15) is 0 Å². The van der Waals surface area contributed by atoms with E-state index in [2.05, 4.69) is 4.98 Å². The van der Waals surface area contributed by atoms with E-state index in [1.54, 1.807) is 37.6 Å². The Bertz CT molecular complexity index is 636. The first-order chi connectivity index (χ1) is 9.02. The van der Waals surface area contributed by atoms with Crippen LogP contribution in [0.1, 0.15) is 27.0 Å². The molecule has 0 amide bonds. The zero-order valence-electron chi connectivity index (χ0n) is 11.2. The van der Waals surface area contributed by atoms with Crippen LogP contribution in [0.25, 0.3) is 0 Å². The van der Waals surface area contributed by atoms with E-state index in [-0.39, 0.29) is 11.6 Å². The average molecular weight is 256 g/mol. The Morgan fingerprint density at radius 1 is 1.26 bits per heavy atom. The first-order valence-electron chi connectivity index (χ1n) is 5.94. The maximum absolute atomic E-state index is 12.4. The number of aryl methyl sites for hydroxylation is 2. The number of pyridine rings is 1. The number of nitrogens with zero attached hydrogens (tertiary/aromatic N) is 1. The standard InChI is InChI=1S/C15H16N2O2/c1-9-6-12(15(16)17-8-9)14(18)11-4-5-13(19-3)10(2)7-11/h4-8H,1-3H3,(H2,16,17). The molecule has 0 saturated carbocycles. The minimum absolute atomic E-state index is 0.126. The van der Waals surface area contributed by atoms with Gasteiger partial charge in [-0.25, -0.2) is 4.98 Å². The van der Waals surface area contributed by atoms with Crippen molar-refractivity contribution in [2.75, 3.05) is 12.8 Å². The third-order valence-electron chi connectivity index (χ3n) is 2.96. The van der Waals surface area contributed by atoms with Crippen LogP contribution < -0.4 is 10.5 Å². The van der Waals surface area contributed by atoms with Crippen molar-refractivity contribution in [1.82, 2.24) is 4.98 Å². The molecule has 0 atom stereocenters. The zero-order valence-corrected chi connectivity index (χ0v) is 11.2. The molecule has 0 unspecified atom stereocenters. The van der Waals surface area contributed by atoms with Crippen LogP contribution in [0.2, 0.25) is 0 Å². The fourth-order valence-electron chi connectivity index (χ4n) is 1.94. The van der Waals surface area contributed by atoms with E-state index in [1.807, 2.05) is 13.8 Å². The molecule has 0 aliphatic rings. The molecular weight excluding hydrogens is 240 g/mol. The van der Waals surface area contributed by atoms with Crippen LogP contribution in [-0.4, -0.2) is 17.9 Å². The molecule has 0 saturated heterocycles. The number of carbonyl (C=O) groups is 1. The van der Waals surface area contributed by atoms with Crippen molar-refractivity contribution in [1.29, 1.82) is 0 Å². The summed E-state index contributed by atoms with van der Waals surface area (Å²) in [4.78, 5) is 16.4. The molecule has 0 bridgehead atoms. The molecule has 1 aromatic heterocycles. The number of nitrogens with two attached hydrogens (primary N) is 1. The first kappa shape index (κ1) is 13.1. The Labute approximate surface area is 112 Å². The lowest BCUT2D eigenvalue weighted by Crippen LogP contribution is -2.08. The van der Waals surface area contributed by atoms with Gasteiger partial charge < -0.3 is 10.5 Å². The van der Waals surface area contributed by atoms with Gasteiger partial charge in [-0.1, -0.05) is 0 Å². The van der Waals surface area contributed by atoms with Crippen LogP contribution in [0, 0.1) is 13.8 Å². The summed E-state index contributed by atoms with van der Waals surface area (Å²) in [5.74, 6) is 0.885. The molecule has 0 radical (unpaired) electrons. The summed E-state index contributed by atoms with van der Waals surface area (Å²) in [6, 6.07) is 7.06. The number of ketones is 1. The highest BCUT2D eigenvalue weighted by atomic mass is 16.5. The highest BCUT2D eigenvalue weighted by molar-refractivity contribution is 6.11. The molecule has 1 aromatic carbocycles. The maximum Gasteiger partial charge on any atom is 0.196 e. The molecule has 2 aromatic rings. The van der Waals surface area contributed by atoms with Crippen LogP contribution in [0.3, 0.4) is 0 Å². The van der Waals surface area contributed by atoms with Crippen molar-refractivity contribution < 1.29 is 9.53 Å². The van der Waals surface area contributed by atoms with Crippen LogP contribution in [0.4, 0.5) is 5.82 Å². The highest BCUT2D eigenvalue weighted by Gasteiger charge is 2.14. The third kappa shape index (κ3) is 2.57. The topological polar surface area (TPSA) is 65.2 Å². The monoisotopic (exact) mass is 256 g/mol. The quantitative estimate of drug-likeness (QED) is 0.857. The summed E-state index contributed by atoms with van der Waals surface area (Å²) in [5.41, 5.74) is 8.60. The van der Waals surface area contributed by atoms with Gasteiger partial charge in [0, 0.05) is 11.8 Å². The third-order valence-corrected chi connectivity index (χ3v) is 2.96. The number of nitrogen functional groups attached to an aromatic ring is 1. The smallest absolute Gasteiger partial charge is 0.196 e. The van der Waals surface area contributed by atoms with Crippen molar-refractivity contribution in [3.05, 3.63) is 52.7 Å². The van der Waals surface area contributed by atoms with Crippen LogP contribution in [-0.2, 0) is 0 Å². The molecule has 4 heteroatoms. The van der Waals surface area contributed by atoms with Gasteiger partial charge in [0.1, 0.15) is 11.6 Å². The molecule has 4 nitrogen and oxygen atoms in total. The Morgan fingerprint density at radius 3 is 2.63 bits per heavy atom. The lowest BCUT2D eigenvalue weighted by atomic mass is 10.0. The number of benzene rings is 1. The van der Waals surface area contributed by atoms with E-state index >= 15 is 0 Å². The summed E-state index contributed by atoms with van der Waals surface area (Å²) in [7, 11) is 1.60. The van der Waals surface area contributed by atoms with Gasteiger partial charge in [0.15, 0.2) is 5.78 Å². The lowest BCUT2D eigenvalue weighted by Gasteiger charge is -2.08. The van der Waals surface area contributed by atoms with Gasteiger partial charge in [-0.15, -0.1) is 0 Å². The summed E-state index contributed by atoms with van der Waals surface area (Å²) in [6.07, 6.45) is 1.64. The van der Waals surface area contributed by atoms with Gasteiger partial charge in [0.25, 0.3) is 0 Å². The number of carbonyl (C=O) groups excluding carboxylic acids is 1. The second-order valence-corrected chi connectivity index (χ2v) is 4.46. The molecule has 1 heterocycles. The molecule has 0 fully saturated rings. The number of hydrogen-bond donors (Lipinski definition) is 1. The summed E-state index contributed by atoms with van der Waals surface area (Å²) >= 11 is 0. The number of methoxy groups -OCH3 is 1. The SMILES string of the molecule is COc1ccc(C(=O)c2cc(C)cnc2N)cc1C. The number of ether oxygens (including phenoxy) is 1. The Balaban J connectivity index is 2.44. The number of hydrogen-bond acceptors (Lipinski definition) is 4. The van der Waals surface area contributed by atoms with E-state index in [0.29, 0.717) is 11.1 Å². The van der Waals surface area contributed by atoms with E-state index in [1.165, 1.54) is 0 Å². The molecule has 0 aliphatic carbocycles. The molecule has 2 N–H and O–H groups in total. The number of aromatic nitrogens is 1. The minimum Gasteiger partial charge on any atom is -0.496 e.